The van der Waals surface area contributed by atoms with Crippen LogP contribution in [0.2, 0.25) is 0 Å². The maximum Gasteiger partial charge on any atom is 0.246 e. The molecule has 0 saturated heterocycles. The predicted octanol–water partition coefficient (Wildman–Crippen LogP) is 11.4. The summed E-state index contributed by atoms with van der Waals surface area (Å²) >= 11 is 0. The third-order valence-electron chi connectivity index (χ3n) is 8.41. The van der Waals surface area contributed by atoms with Crippen molar-refractivity contribution in [2.75, 3.05) is 7.05 Å². The molecule has 2 rings (SSSR count). The lowest BCUT2D eigenvalue weighted by Crippen LogP contribution is -2.31. The summed E-state index contributed by atoms with van der Waals surface area (Å²) in [5, 5.41) is 0. The van der Waals surface area contributed by atoms with Gasteiger partial charge in [-0.15, -0.1) is 0 Å². The van der Waals surface area contributed by atoms with Gasteiger partial charge in [-0.3, -0.25) is 9.59 Å². The molecule has 0 radical (unpaired) electrons. The molecule has 0 bridgehead atoms. The molecule has 0 aromatic heterocycles. The standard InChI is InChI=1S/C24H37NO.C20H29NO/c1-18(2)25(8)23(26)17-20(4)12-9-11-19(3)14-15-22-21(5)13-10-16-24(22,6)7;1-15(8-6-9-16(2)14-19(21)22)11-12-18-17(3)10-7-13-20(18,4)5/h9,11-12,14-15,17-18H,10,13,16H2,1-8H3;6,8-9,11-12,14H,7,10,13H2,1-5H3,(H2,21,22)/i5D3,13D2;3D3,10D2. The summed E-state index contributed by atoms with van der Waals surface area (Å²) in [6, 6.07) is 0.136. The molecule has 48 heavy (non-hydrogen) atoms. The van der Waals surface area contributed by atoms with Gasteiger partial charge in [-0.05, 0) is 127 Å². The number of carbonyl (C=O) groups is 2. The van der Waals surface area contributed by atoms with Gasteiger partial charge in [0.2, 0.25) is 11.8 Å². The fourth-order valence-corrected chi connectivity index (χ4v) is 4.87. The van der Waals surface area contributed by atoms with E-state index in [4.69, 9.17) is 19.4 Å². The van der Waals surface area contributed by atoms with Gasteiger partial charge in [0.05, 0.1) is 0 Å². The van der Waals surface area contributed by atoms with Gasteiger partial charge in [-0.2, -0.15) is 0 Å². The lowest BCUT2D eigenvalue weighted by Gasteiger charge is -2.33. The van der Waals surface area contributed by atoms with E-state index in [2.05, 4.69) is 0 Å². The van der Waals surface area contributed by atoms with E-state index in [1.54, 1.807) is 55.3 Å². The molecule has 2 aliphatic carbocycles. The second-order valence-corrected chi connectivity index (χ2v) is 14.1. The molecule has 0 heterocycles. The molecule has 0 aliphatic heterocycles. The molecule has 4 heteroatoms. The van der Waals surface area contributed by atoms with Gasteiger partial charge in [-0.25, -0.2) is 0 Å². The number of nitrogens with zero attached hydrogens (tertiary/aromatic N) is 1. The van der Waals surface area contributed by atoms with Crippen molar-refractivity contribution >= 4 is 11.8 Å². The van der Waals surface area contributed by atoms with Gasteiger partial charge in [0.1, 0.15) is 0 Å². The van der Waals surface area contributed by atoms with Crippen LogP contribution in [0.3, 0.4) is 0 Å². The van der Waals surface area contributed by atoms with E-state index in [-0.39, 0.29) is 35.9 Å². The summed E-state index contributed by atoms with van der Waals surface area (Å²) in [6.45, 7) is 14.2. The number of hydrogen-bond acceptors (Lipinski definition) is 2. The second-order valence-electron chi connectivity index (χ2n) is 14.1. The van der Waals surface area contributed by atoms with Crippen molar-refractivity contribution in [1.29, 1.82) is 0 Å². The zero-order valence-electron chi connectivity index (χ0n) is 41.2. The van der Waals surface area contributed by atoms with E-state index >= 15 is 0 Å². The Balaban J connectivity index is 0.000000586. The van der Waals surface area contributed by atoms with E-state index in [1.807, 2.05) is 92.7 Å². The van der Waals surface area contributed by atoms with Crippen LogP contribution in [0.4, 0.5) is 0 Å². The first-order chi connectivity index (χ1) is 26.2. The predicted molar refractivity (Wildman–Crippen MR) is 209 cm³/mol. The summed E-state index contributed by atoms with van der Waals surface area (Å²) in [4.78, 5) is 24.6. The fourth-order valence-electron chi connectivity index (χ4n) is 4.87. The molecule has 0 fully saturated rings. The second kappa shape index (κ2) is 20.0. The summed E-state index contributed by atoms with van der Waals surface area (Å²) in [5.41, 5.74) is 8.52. The van der Waals surface area contributed by atoms with Crippen LogP contribution in [0.1, 0.15) is 135 Å². The molecular weight excluding hydrogens is 588 g/mol. The van der Waals surface area contributed by atoms with E-state index < -0.39 is 43.2 Å². The van der Waals surface area contributed by atoms with Gasteiger partial charge in [0.15, 0.2) is 0 Å². The van der Waals surface area contributed by atoms with Crippen molar-refractivity contribution in [3.8, 4) is 0 Å². The van der Waals surface area contributed by atoms with Crippen molar-refractivity contribution in [1.82, 2.24) is 4.90 Å². The summed E-state index contributed by atoms with van der Waals surface area (Å²) in [5.74, 6) is -0.550. The smallest absolute Gasteiger partial charge is 0.246 e. The Morgan fingerprint density at radius 2 is 1.17 bits per heavy atom. The minimum Gasteiger partial charge on any atom is -0.366 e. The molecule has 0 aromatic rings. The quantitative estimate of drug-likeness (QED) is 0.176. The molecule has 0 spiro atoms. The molecule has 2 aliphatic rings. The molecular formula is C44H66N2O2. The third-order valence-corrected chi connectivity index (χ3v) is 8.41. The van der Waals surface area contributed by atoms with E-state index in [1.165, 1.54) is 6.08 Å². The Labute approximate surface area is 308 Å². The zero-order valence-corrected chi connectivity index (χ0v) is 31.2. The molecule has 4 nitrogen and oxygen atoms in total. The largest absolute Gasteiger partial charge is 0.366 e. The van der Waals surface area contributed by atoms with Crippen LogP contribution in [0, 0.1) is 10.8 Å². The maximum atomic E-state index is 12.1. The Bertz CT molecular complexity index is 1820. The molecule has 0 atom stereocenters. The van der Waals surface area contributed by atoms with Crippen LogP contribution in [0.5, 0.6) is 0 Å². The van der Waals surface area contributed by atoms with Gasteiger partial charge < -0.3 is 10.6 Å². The fraction of sp³-hybridized carbons (Fsp3) is 0.500. The lowest BCUT2D eigenvalue weighted by molar-refractivity contribution is -0.126. The molecule has 2 N–H and O–H groups in total. The van der Waals surface area contributed by atoms with E-state index in [0.717, 1.165) is 22.3 Å². The SMILES string of the molecule is [2H]C([2H])([2H])C1=C(C=CC(C)=CC=CC(C)=CC(=O)N(C)C(C)C)C(C)(C)CCC1([2H])[2H].[2H]C([2H])([2H])C1=C(C=CC(C)=CC=CC(C)=CC(N)=O)C(C)(C)CCC1([2H])[2H]. The lowest BCUT2D eigenvalue weighted by atomic mass is 9.72. The van der Waals surface area contributed by atoms with Crippen LogP contribution in [-0.4, -0.2) is 29.8 Å². The minimum atomic E-state index is -2.48. The highest BCUT2D eigenvalue weighted by Crippen LogP contribution is 2.41. The molecule has 0 aromatic carbocycles. The minimum absolute atomic E-state index is 0.0457. The van der Waals surface area contributed by atoms with Crippen LogP contribution >= 0.6 is 0 Å². The normalized spacial score (nSPS) is 25.3. The number of allylic oxidation sites excluding steroid dienone is 18. The molecule has 0 unspecified atom stereocenters. The van der Waals surface area contributed by atoms with Crippen LogP contribution < -0.4 is 5.73 Å². The number of nitrogens with two attached hydrogens (primary N) is 1. The monoisotopic (exact) mass is 665 g/mol. The summed E-state index contributed by atoms with van der Waals surface area (Å²) in [6.07, 6.45) is 18.8. The van der Waals surface area contributed by atoms with Crippen molar-refractivity contribution in [2.45, 2.75) is 127 Å². The Hall–Kier alpha value is -3.66. The topological polar surface area (TPSA) is 63.4 Å². The van der Waals surface area contributed by atoms with Crippen LogP contribution in [0.25, 0.3) is 0 Å². The number of hydrogen-bond donors (Lipinski definition) is 1. The van der Waals surface area contributed by atoms with Crippen LogP contribution in [0.15, 0.2) is 117 Å². The Kier molecular flexibility index (Phi) is 11.7. The van der Waals surface area contributed by atoms with Crippen molar-refractivity contribution in [2.24, 2.45) is 16.6 Å². The summed E-state index contributed by atoms with van der Waals surface area (Å²) < 4.78 is 80.0. The Morgan fingerprint density at radius 1 is 0.750 bits per heavy atom. The average Bonchev–Trinajstić information content (AvgIpc) is 3.03. The third kappa shape index (κ3) is 15.5. The van der Waals surface area contributed by atoms with Gasteiger partial charge in [0.25, 0.3) is 0 Å². The summed E-state index contributed by atoms with van der Waals surface area (Å²) in [7, 11) is 1.77. The first-order valence-corrected chi connectivity index (χ1v) is 16.7. The zero-order chi connectivity index (χ0) is 45.2. The number of primary amides is 1. The highest BCUT2D eigenvalue weighted by molar-refractivity contribution is 5.88. The van der Waals surface area contributed by atoms with Crippen molar-refractivity contribution in [3.63, 3.8) is 0 Å². The van der Waals surface area contributed by atoms with E-state index in [0.29, 0.717) is 24.0 Å². The number of amides is 2. The van der Waals surface area contributed by atoms with Crippen molar-refractivity contribution < 1.29 is 23.3 Å². The first-order valence-electron chi connectivity index (χ1n) is 21.7. The average molecular weight is 665 g/mol. The van der Waals surface area contributed by atoms with Gasteiger partial charge in [-0.1, -0.05) is 111 Å². The number of rotatable bonds is 11. The molecule has 264 valence electrons. The maximum absolute atomic E-state index is 12.1. The molecule has 0 saturated carbocycles. The van der Waals surface area contributed by atoms with Crippen molar-refractivity contribution in [3.05, 3.63) is 117 Å². The van der Waals surface area contributed by atoms with Crippen LogP contribution in [-0.2, 0) is 9.59 Å². The van der Waals surface area contributed by atoms with Gasteiger partial charge >= 0.3 is 0 Å². The highest BCUT2D eigenvalue weighted by Gasteiger charge is 2.27. The van der Waals surface area contributed by atoms with Gasteiger partial charge in [0, 0.05) is 38.9 Å². The number of likely N-dealkylation sites (N-methyl/N-ethyl adjacent to an activating group) is 1. The number of carbonyl (C=O) groups excluding carboxylic acids is 2. The Morgan fingerprint density at radius 3 is 1.54 bits per heavy atom. The first kappa shape index (κ1) is 28.2. The highest BCUT2D eigenvalue weighted by atomic mass is 16.2. The molecule has 2 amide bonds. The van der Waals surface area contributed by atoms with E-state index in [9.17, 15) is 9.59 Å².